The molecular formula is C20H26ClN3O3. The molecule has 6 rings (SSSR count). The van der Waals surface area contributed by atoms with Gasteiger partial charge in [-0.3, -0.25) is 0 Å². The lowest BCUT2D eigenvalue weighted by molar-refractivity contribution is -0.0881. The van der Waals surface area contributed by atoms with Crippen molar-refractivity contribution in [3.05, 3.63) is 23.2 Å². The van der Waals surface area contributed by atoms with E-state index < -0.39 is 5.60 Å². The van der Waals surface area contributed by atoms with Crippen LogP contribution >= 0.6 is 11.6 Å². The average molecular weight is 392 g/mol. The molecule has 1 aliphatic heterocycles. The zero-order valence-corrected chi connectivity index (χ0v) is 16.1. The van der Waals surface area contributed by atoms with Gasteiger partial charge in [0.2, 0.25) is 0 Å². The minimum atomic E-state index is -0.520. The first-order valence-electron chi connectivity index (χ1n) is 10.1. The summed E-state index contributed by atoms with van der Waals surface area (Å²) in [5.74, 6) is 2.21. The Labute approximate surface area is 164 Å². The van der Waals surface area contributed by atoms with Crippen LogP contribution in [0.5, 0.6) is 0 Å². The molecule has 0 spiro atoms. The van der Waals surface area contributed by atoms with Crippen molar-refractivity contribution in [1.29, 1.82) is 0 Å². The van der Waals surface area contributed by atoms with Crippen LogP contribution in [0.15, 0.2) is 12.4 Å². The standard InChI is InChI=1S/C20H26ClN3O3/c21-16-9-22-18(23-10-16)14-2-4-24(11-14)19(25)27-17-13-1-3-20(26)7-12(5-13)6-15(17)8-20/h9-10,12-15,17,26H,1-8,11H2. The first kappa shape index (κ1) is 17.7. The van der Waals surface area contributed by atoms with Crippen LogP contribution in [-0.4, -0.2) is 50.9 Å². The number of hydrogen-bond donors (Lipinski definition) is 1. The molecular weight excluding hydrogens is 366 g/mol. The molecule has 1 amide bonds. The van der Waals surface area contributed by atoms with Crippen LogP contribution in [0.3, 0.4) is 0 Å². The van der Waals surface area contributed by atoms with Crippen molar-refractivity contribution >= 4 is 17.7 Å². The summed E-state index contributed by atoms with van der Waals surface area (Å²) in [6.07, 6.45) is 9.56. The number of amides is 1. The van der Waals surface area contributed by atoms with E-state index in [1.807, 2.05) is 0 Å². The molecule has 1 N–H and O–H groups in total. The Morgan fingerprint density at radius 1 is 1.22 bits per heavy atom. The van der Waals surface area contributed by atoms with Gasteiger partial charge in [-0.2, -0.15) is 0 Å². The highest BCUT2D eigenvalue weighted by molar-refractivity contribution is 6.30. The van der Waals surface area contributed by atoms with Gasteiger partial charge in [-0.05, 0) is 62.7 Å². The molecule has 7 heteroatoms. The van der Waals surface area contributed by atoms with Crippen LogP contribution in [0.2, 0.25) is 5.02 Å². The Bertz CT molecular complexity index is 730. The lowest BCUT2D eigenvalue weighted by Crippen LogP contribution is -2.47. The summed E-state index contributed by atoms with van der Waals surface area (Å²) in [5.41, 5.74) is -0.520. The Balaban J connectivity index is 1.24. The number of aliphatic hydroxyl groups is 1. The van der Waals surface area contributed by atoms with Crippen LogP contribution in [0, 0.1) is 17.8 Å². The zero-order chi connectivity index (χ0) is 18.6. The summed E-state index contributed by atoms with van der Waals surface area (Å²) < 4.78 is 6.05. The molecule has 146 valence electrons. The highest BCUT2D eigenvalue weighted by Gasteiger charge is 2.52. The Hall–Kier alpha value is -1.40. The van der Waals surface area contributed by atoms with E-state index in [9.17, 15) is 9.90 Å². The molecule has 2 heterocycles. The summed E-state index contributed by atoms with van der Waals surface area (Å²) in [5, 5.41) is 11.4. The fourth-order valence-electron chi connectivity index (χ4n) is 6.07. The third-order valence-corrected chi connectivity index (χ3v) is 7.38. The van der Waals surface area contributed by atoms with E-state index in [-0.39, 0.29) is 18.1 Å². The van der Waals surface area contributed by atoms with Crippen LogP contribution in [0.4, 0.5) is 4.79 Å². The van der Waals surface area contributed by atoms with Crippen molar-refractivity contribution in [2.24, 2.45) is 17.8 Å². The molecule has 4 saturated carbocycles. The van der Waals surface area contributed by atoms with Gasteiger partial charge in [-0.1, -0.05) is 11.6 Å². The number of carbonyl (C=O) groups is 1. The van der Waals surface area contributed by atoms with E-state index in [1.165, 1.54) is 0 Å². The Kier molecular flexibility index (Phi) is 4.32. The van der Waals surface area contributed by atoms with Crippen molar-refractivity contribution in [2.45, 2.75) is 62.6 Å². The Morgan fingerprint density at radius 2 is 2.00 bits per heavy atom. The van der Waals surface area contributed by atoms with Gasteiger partial charge in [0.25, 0.3) is 0 Å². The fraction of sp³-hybridized carbons (Fsp3) is 0.750. The van der Waals surface area contributed by atoms with Crippen molar-refractivity contribution < 1.29 is 14.6 Å². The predicted molar refractivity (Wildman–Crippen MR) is 99.4 cm³/mol. The largest absolute Gasteiger partial charge is 0.446 e. The number of halogens is 1. The van der Waals surface area contributed by atoms with Crippen molar-refractivity contribution in [2.75, 3.05) is 13.1 Å². The monoisotopic (exact) mass is 391 g/mol. The van der Waals surface area contributed by atoms with Crippen LogP contribution in [-0.2, 0) is 4.74 Å². The molecule has 1 aromatic heterocycles. The highest BCUT2D eigenvalue weighted by atomic mass is 35.5. The topological polar surface area (TPSA) is 75.6 Å². The van der Waals surface area contributed by atoms with E-state index >= 15 is 0 Å². The van der Waals surface area contributed by atoms with Gasteiger partial charge in [-0.25, -0.2) is 14.8 Å². The summed E-state index contributed by atoms with van der Waals surface area (Å²) in [6, 6.07) is 0. The van der Waals surface area contributed by atoms with Gasteiger partial charge in [-0.15, -0.1) is 0 Å². The van der Waals surface area contributed by atoms with Gasteiger partial charge in [0.05, 0.1) is 10.6 Å². The molecule has 5 fully saturated rings. The zero-order valence-electron chi connectivity index (χ0n) is 15.4. The maximum atomic E-state index is 12.8. The second kappa shape index (κ2) is 6.59. The molecule has 0 radical (unpaired) electrons. The minimum absolute atomic E-state index is 0.0334. The molecule has 27 heavy (non-hydrogen) atoms. The molecule has 5 aliphatic rings. The molecule has 1 aromatic rings. The van der Waals surface area contributed by atoms with E-state index in [2.05, 4.69) is 9.97 Å². The second-order valence-electron chi connectivity index (χ2n) is 9.07. The van der Waals surface area contributed by atoms with Gasteiger partial charge in [0.15, 0.2) is 0 Å². The first-order chi connectivity index (χ1) is 13.0. The SMILES string of the molecule is O=C(OC1C2CCC3(O)CC(C2)CC1C3)N1CCC(c2ncc(Cl)cn2)C1. The van der Waals surface area contributed by atoms with E-state index in [4.69, 9.17) is 16.3 Å². The number of likely N-dealkylation sites (tertiary alicyclic amines) is 1. The first-order valence-corrected chi connectivity index (χ1v) is 10.5. The minimum Gasteiger partial charge on any atom is -0.446 e. The van der Waals surface area contributed by atoms with Gasteiger partial charge < -0.3 is 14.7 Å². The fourth-order valence-corrected chi connectivity index (χ4v) is 6.17. The average Bonchev–Trinajstić information content (AvgIpc) is 3.06. The highest BCUT2D eigenvalue weighted by Crippen LogP contribution is 2.54. The molecule has 4 aliphatic carbocycles. The van der Waals surface area contributed by atoms with E-state index in [0.29, 0.717) is 35.9 Å². The van der Waals surface area contributed by atoms with Crippen molar-refractivity contribution in [3.8, 4) is 0 Å². The number of nitrogens with zero attached hydrogens (tertiary/aromatic N) is 3. The molecule has 0 aromatic carbocycles. The smallest absolute Gasteiger partial charge is 0.410 e. The number of fused-ring (bicyclic) bond motifs is 1. The predicted octanol–water partition coefficient (Wildman–Crippen LogP) is 3.39. The molecule has 6 atom stereocenters. The lowest BCUT2D eigenvalue weighted by Gasteiger charge is -2.46. The van der Waals surface area contributed by atoms with Gasteiger partial charge in [0.1, 0.15) is 11.9 Å². The maximum absolute atomic E-state index is 12.8. The van der Waals surface area contributed by atoms with Crippen molar-refractivity contribution in [1.82, 2.24) is 14.9 Å². The number of hydrogen-bond acceptors (Lipinski definition) is 5. The summed E-state index contributed by atoms with van der Waals surface area (Å²) in [6.45, 7) is 1.26. The molecule has 6 unspecified atom stereocenters. The normalized spacial score (nSPS) is 40.2. The third-order valence-electron chi connectivity index (χ3n) is 7.18. The van der Waals surface area contributed by atoms with Crippen LogP contribution in [0.25, 0.3) is 0 Å². The summed E-state index contributed by atoms with van der Waals surface area (Å²) in [7, 11) is 0. The van der Waals surface area contributed by atoms with Gasteiger partial charge in [0, 0.05) is 31.4 Å². The van der Waals surface area contributed by atoms with E-state index in [0.717, 1.165) is 50.8 Å². The molecule has 4 bridgehead atoms. The third kappa shape index (κ3) is 3.31. The van der Waals surface area contributed by atoms with Crippen LogP contribution < -0.4 is 0 Å². The number of carbonyl (C=O) groups excluding carboxylic acids is 1. The quantitative estimate of drug-likeness (QED) is 0.836. The summed E-state index contributed by atoms with van der Waals surface area (Å²) in [4.78, 5) is 23.2. The Morgan fingerprint density at radius 3 is 2.81 bits per heavy atom. The van der Waals surface area contributed by atoms with Crippen molar-refractivity contribution in [3.63, 3.8) is 0 Å². The van der Waals surface area contributed by atoms with Crippen LogP contribution in [0.1, 0.15) is 56.7 Å². The second-order valence-corrected chi connectivity index (χ2v) is 9.50. The number of ether oxygens (including phenoxy) is 1. The van der Waals surface area contributed by atoms with Gasteiger partial charge >= 0.3 is 6.09 Å². The summed E-state index contributed by atoms with van der Waals surface area (Å²) >= 11 is 5.86. The maximum Gasteiger partial charge on any atom is 0.410 e. The number of rotatable bonds is 2. The molecule has 1 saturated heterocycles. The van der Waals surface area contributed by atoms with E-state index in [1.54, 1.807) is 17.3 Å². The molecule has 6 nitrogen and oxygen atoms in total. The number of aromatic nitrogens is 2. The lowest BCUT2D eigenvalue weighted by atomic mass is 9.65.